The number of hydrogen-bond donors (Lipinski definition) is 0. The molecule has 105 heavy (non-hydrogen) atoms. The summed E-state index contributed by atoms with van der Waals surface area (Å²) >= 11 is 0. The normalized spacial score (nSPS) is 9.76. The van der Waals surface area contributed by atoms with Gasteiger partial charge >= 0.3 is 40.2 Å². The Kier molecular flexibility index (Phi) is 35.5. The summed E-state index contributed by atoms with van der Waals surface area (Å²) in [4.78, 5) is 25.8. The summed E-state index contributed by atoms with van der Waals surface area (Å²) in [6.45, 7) is 0. The Balaban J connectivity index is 0.000000192. The second kappa shape index (κ2) is 44.5. The molecule has 20 heteroatoms. The van der Waals surface area contributed by atoms with Crippen LogP contribution < -0.4 is 0 Å². The van der Waals surface area contributed by atoms with E-state index in [0.717, 1.165) is 90.8 Å². The summed E-state index contributed by atoms with van der Waals surface area (Å²) in [6, 6.07) is 106. The molecule has 0 saturated carbocycles. The van der Waals surface area contributed by atoms with Crippen LogP contribution in [-0.4, -0.2) is 72.1 Å². The van der Waals surface area contributed by atoms with Crippen molar-refractivity contribution in [1.29, 1.82) is 0 Å². The molecule has 0 aliphatic carbocycles. The van der Waals surface area contributed by atoms with E-state index < -0.39 is 0 Å². The Labute approximate surface area is 681 Å². The van der Waals surface area contributed by atoms with E-state index >= 15 is 0 Å². The number of benzene rings is 10. The van der Waals surface area contributed by atoms with Gasteiger partial charge in [-0.05, 0) is 5.56 Å². The van der Waals surface area contributed by atoms with Crippen LogP contribution in [0.1, 0.15) is 0 Å². The smallest absolute Gasteiger partial charge is 0.471 e. The van der Waals surface area contributed by atoms with E-state index in [0.29, 0.717) is 0 Å². The van der Waals surface area contributed by atoms with Gasteiger partial charge in [0.05, 0.1) is 40.5 Å². The molecule has 7 heterocycles. The number of nitrogens with zero attached hydrogens (tertiary/aromatic N) is 15. The molecular formula is C85H68Ir5N15-3. The van der Waals surface area contributed by atoms with E-state index in [4.69, 9.17) is 0 Å². The average molecular weight is 2260 g/mol. The Hall–Kier alpha value is -10.2. The number of hydrogen-bond acceptors (Lipinski definition) is 8. The van der Waals surface area contributed by atoms with Crippen LogP contribution >= 0.6 is 0 Å². The summed E-state index contributed by atoms with van der Waals surface area (Å²) < 4.78 is 13.6. The fraction of sp³-hybridized carbons (Fsp3) is 0.0588. The minimum atomic E-state index is 0. The van der Waals surface area contributed by atoms with Gasteiger partial charge < -0.3 is 37.0 Å². The third-order valence-corrected chi connectivity index (χ3v) is 15.1. The van der Waals surface area contributed by atoms with Gasteiger partial charge in [-0.25, -0.2) is 28.4 Å². The van der Waals surface area contributed by atoms with Crippen molar-refractivity contribution in [3.63, 3.8) is 0 Å². The van der Waals surface area contributed by atoms with Crippen molar-refractivity contribution >= 4 is 0 Å². The van der Waals surface area contributed by atoms with Crippen LogP contribution in [0.4, 0.5) is 0 Å². The van der Waals surface area contributed by atoms with Crippen LogP contribution in [0.5, 0.6) is 0 Å². The maximum Gasteiger partial charge on any atom is 3.00 e. The van der Waals surface area contributed by atoms with Crippen LogP contribution in [-0.2, 0) is 136 Å². The number of para-hydroxylation sites is 2. The van der Waals surface area contributed by atoms with Gasteiger partial charge in [-0.1, -0.05) is 115 Å². The van der Waals surface area contributed by atoms with E-state index in [-0.39, 0.29) is 101 Å². The zero-order valence-electron chi connectivity index (χ0n) is 57.5. The van der Waals surface area contributed by atoms with Gasteiger partial charge in [0, 0.05) is 170 Å². The maximum atomic E-state index is 4.68. The quantitative estimate of drug-likeness (QED) is 0.123. The predicted octanol–water partition coefficient (Wildman–Crippen LogP) is 16.8. The molecule has 0 amide bonds. The topological polar surface area (TPSA) is 138 Å². The van der Waals surface area contributed by atoms with Crippen molar-refractivity contribution < 1.29 is 101 Å². The molecule has 0 saturated heterocycles. The average Bonchev–Trinajstić information content (AvgIpc) is 1.68. The fourth-order valence-corrected chi connectivity index (χ4v) is 10.1. The molecule has 17 rings (SSSR count). The summed E-state index contributed by atoms with van der Waals surface area (Å²) in [5.41, 5.74) is 13.7. The van der Waals surface area contributed by atoms with Crippen LogP contribution in [0.25, 0.3) is 102 Å². The molecule has 3 radical (unpaired) electrons. The fourth-order valence-electron chi connectivity index (χ4n) is 10.1. The first-order valence-corrected chi connectivity index (χ1v) is 31.9. The Morgan fingerprint density at radius 1 is 0.324 bits per heavy atom. The van der Waals surface area contributed by atoms with E-state index in [1.165, 1.54) is 11.1 Å². The summed E-state index contributed by atoms with van der Waals surface area (Å²) in [7, 11) is 9.98. The monoisotopic (exact) mass is 2260 g/mol. The third kappa shape index (κ3) is 24.2. The Morgan fingerprint density at radius 3 is 1.15 bits per heavy atom. The molecule has 10 aromatic carbocycles. The van der Waals surface area contributed by atoms with Crippen LogP contribution in [0.2, 0.25) is 0 Å². The molecular weight excluding hydrogens is 2190 g/mol. The van der Waals surface area contributed by atoms with Crippen molar-refractivity contribution in [2.45, 2.75) is 0 Å². The number of imidazole rings is 6. The molecule has 0 N–H and O–H groups in total. The van der Waals surface area contributed by atoms with Crippen LogP contribution in [0, 0.1) is 55.1 Å². The second-order valence-electron chi connectivity index (χ2n) is 22.0. The van der Waals surface area contributed by atoms with E-state index in [9.17, 15) is 0 Å². The second-order valence-corrected chi connectivity index (χ2v) is 22.0. The third-order valence-electron chi connectivity index (χ3n) is 15.1. The van der Waals surface area contributed by atoms with E-state index in [1.54, 1.807) is 40.2 Å². The van der Waals surface area contributed by atoms with Gasteiger partial charge in [-0.3, -0.25) is 24.9 Å². The van der Waals surface area contributed by atoms with Crippen molar-refractivity contribution in [1.82, 2.24) is 72.1 Å². The molecule has 0 bridgehead atoms. The predicted molar refractivity (Wildman–Crippen MR) is 394 cm³/mol. The van der Waals surface area contributed by atoms with Crippen molar-refractivity contribution in [3.8, 4) is 102 Å². The summed E-state index contributed by atoms with van der Waals surface area (Å²) in [5.74, 6) is 4.72. The molecule has 15 nitrogen and oxygen atoms in total. The van der Waals surface area contributed by atoms with Gasteiger partial charge in [-0.15, -0.1) is 173 Å². The summed E-state index contributed by atoms with van der Waals surface area (Å²) in [6.07, 6.45) is 25.7. The molecule has 0 aliphatic rings. The standard InChI is InChI=1S/3C16H13N2.2C10H9N2.C9H6N2.C8H5N3.5Ir/c1-18-12-15(13-8-4-2-5-9-13)17-16(18)14-10-6-3-7-11-14;1-18-15(13-8-4-2-5-9-13)12-17-16(18)14-10-6-3-7-11-14;1-18-11-10-17-16(18)15-9-5-8-14(12-15)13-6-3-2-4-7-13;2*1-12-8-7-11-10(12)9-5-3-2-4-6-9;1-2-4-9(5-3-1)11-7-6-10-8-11;1-2-4-8(5-3-1)11-6-9-10-7-11;;;;;/h2*2-10,12H,1H3;2-11H,1H3;2*2-5,7-8H,1H3;1-4,6-7H;1-4,6H;;;;;/q5*-1;2*-2;;;;2*+3. The van der Waals surface area contributed by atoms with Crippen LogP contribution in [0.3, 0.4) is 0 Å². The SMILES string of the molecule is Cn1c(-c2ccccc2)cnc1-c1[c-]cccc1.Cn1cc(-c2ccccc2)nc1-c1[c-]cccc1.Cn1ccnc1-c1[c-]c(-c2ccccc2)ccc1.Cn1ccnc1-c1[c-]cccc1.Cn1ccnc1-c1[c-]cccc1.[Ir+3].[Ir+3].[Ir].[Ir].[Ir].[c-]1ccccc1-n1[c-]ncc1.[c-]1ccccc1-n1[c-]nnc1. The first-order valence-electron chi connectivity index (χ1n) is 31.9. The molecule has 0 spiro atoms. The largest absolute Gasteiger partial charge is 3.00 e. The minimum Gasteiger partial charge on any atom is -0.471 e. The molecule has 0 unspecified atom stereocenters. The van der Waals surface area contributed by atoms with Crippen LogP contribution in [0.15, 0.2) is 323 Å². The van der Waals surface area contributed by atoms with Gasteiger partial charge in [0.2, 0.25) is 0 Å². The Bertz CT molecular complexity index is 4850. The number of aryl methyl sites for hydroxylation is 4. The van der Waals surface area contributed by atoms with Crippen molar-refractivity contribution in [2.24, 2.45) is 35.2 Å². The molecule has 0 aliphatic heterocycles. The zero-order chi connectivity index (χ0) is 68.9. The molecule has 531 valence electrons. The molecule has 7 aromatic heterocycles. The zero-order valence-corrected chi connectivity index (χ0v) is 69.5. The molecule has 0 atom stereocenters. The van der Waals surface area contributed by atoms with E-state index in [1.807, 2.05) is 303 Å². The van der Waals surface area contributed by atoms with Crippen molar-refractivity contribution in [3.05, 3.63) is 378 Å². The summed E-state index contributed by atoms with van der Waals surface area (Å²) in [5, 5.41) is 7.20. The Morgan fingerprint density at radius 2 is 0.733 bits per heavy atom. The van der Waals surface area contributed by atoms with E-state index in [2.05, 4.69) is 142 Å². The van der Waals surface area contributed by atoms with Gasteiger partial charge in [0.1, 0.15) is 0 Å². The molecule has 0 fully saturated rings. The van der Waals surface area contributed by atoms with Gasteiger partial charge in [0.15, 0.2) is 0 Å². The minimum absolute atomic E-state index is 0. The number of rotatable bonds is 10. The van der Waals surface area contributed by atoms with Gasteiger partial charge in [0.25, 0.3) is 0 Å². The number of aromatic nitrogens is 15. The first-order chi connectivity index (χ1) is 49.2. The van der Waals surface area contributed by atoms with Crippen molar-refractivity contribution in [2.75, 3.05) is 0 Å². The molecule has 17 aromatic rings. The first kappa shape index (κ1) is 83.8. The maximum absolute atomic E-state index is 4.68. The van der Waals surface area contributed by atoms with Gasteiger partial charge in [-0.2, -0.15) is 53.8 Å².